The van der Waals surface area contributed by atoms with Gasteiger partial charge in [-0.3, -0.25) is 18.1 Å². The highest BCUT2D eigenvalue weighted by atomic mass is 31.2. The van der Waals surface area contributed by atoms with Crippen LogP contribution in [0.1, 0.15) is 66.5 Å². The highest BCUT2D eigenvalue weighted by Gasteiger charge is 2.46. The number of allylic oxidation sites excluding steroid dienone is 8. The molecular weight excluding hydrogens is 666 g/mol. The molecule has 0 radical (unpaired) electrons. The predicted octanol–water partition coefficient (Wildman–Crippen LogP) is 10.2. The molecule has 5 rings (SSSR count). The van der Waals surface area contributed by atoms with E-state index in [1.54, 1.807) is 0 Å². The van der Waals surface area contributed by atoms with E-state index in [1.807, 2.05) is 177 Å². The molecule has 0 spiro atoms. The van der Waals surface area contributed by atoms with E-state index in [2.05, 4.69) is 10.2 Å². The first kappa shape index (κ1) is 38.6. The lowest BCUT2D eigenvalue weighted by atomic mass is 9.87. The van der Waals surface area contributed by atoms with E-state index in [-0.39, 0.29) is 36.8 Å². The molecule has 270 valence electrons. The Labute approximate surface area is 299 Å². The molecule has 0 bridgehead atoms. The summed E-state index contributed by atoms with van der Waals surface area (Å²) >= 11 is 0. The van der Waals surface area contributed by atoms with Crippen molar-refractivity contribution in [1.82, 2.24) is 10.2 Å². The van der Waals surface area contributed by atoms with E-state index in [0.29, 0.717) is 0 Å². The summed E-state index contributed by atoms with van der Waals surface area (Å²) in [6.07, 6.45) is 31.4. The third-order valence-electron chi connectivity index (χ3n) is 10.6. The smallest absolute Gasteiger partial charge is 0.286 e. The van der Waals surface area contributed by atoms with E-state index in [4.69, 9.17) is 18.1 Å². The Kier molecular flexibility index (Phi) is 11.7. The van der Waals surface area contributed by atoms with Crippen molar-refractivity contribution >= 4 is 15.5 Å². The van der Waals surface area contributed by atoms with Gasteiger partial charge in [-0.1, -0.05) is 149 Å². The summed E-state index contributed by atoms with van der Waals surface area (Å²) in [5.41, 5.74) is -1.53. The standard InChI is InChI=1S/C40H54N2O6P2/c1-31-17-9-13-25-37(31,5)45-49(43,46-38(6)26-14-10-18-32(38)2)41-29-35-21-23-36(24-22-35)30-42-50(44,47-39(7)27-15-11-19-33(39)3)48-40(8)28-16-12-20-34(40)4/h9-28,31-34H,29-30H2,1-8H3,(H,41,43)(H,42,44). The highest BCUT2D eigenvalue weighted by molar-refractivity contribution is 7.52. The molecule has 1 aromatic rings. The van der Waals surface area contributed by atoms with Crippen LogP contribution in [-0.2, 0) is 40.3 Å². The maximum absolute atomic E-state index is 14.6. The highest BCUT2D eigenvalue weighted by Crippen LogP contribution is 2.56. The Hall–Kier alpha value is -2.64. The molecule has 50 heavy (non-hydrogen) atoms. The second kappa shape index (κ2) is 15.1. The number of hydrogen-bond acceptors (Lipinski definition) is 6. The van der Waals surface area contributed by atoms with Gasteiger partial charge in [0.1, 0.15) is 22.4 Å². The second-order valence-electron chi connectivity index (χ2n) is 14.7. The van der Waals surface area contributed by atoms with Crippen molar-refractivity contribution < 1.29 is 27.2 Å². The summed E-state index contributed by atoms with van der Waals surface area (Å²) in [7, 11) is -7.71. The van der Waals surface area contributed by atoms with Crippen LogP contribution < -0.4 is 10.2 Å². The van der Waals surface area contributed by atoms with Gasteiger partial charge in [-0.05, 0) is 38.8 Å². The summed E-state index contributed by atoms with van der Waals surface area (Å²) in [4.78, 5) is 0. The van der Waals surface area contributed by atoms with Gasteiger partial charge in [0.25, 0.3) is 0 Å². The Morgan fingerprint density at radius 2 is 0.720 bits per heavy atom. The van der Waals surface area contributed by atoms with Gasteiger partial charge in [-0.15, -0.1) is 0 Å². The lowest BCUT2D eigenvalue weighted by Crippen LogP contribution is -2.40. The number of benzene rings is 1. The monoisotopic (exact) mass is 720 g/mol. The first-order chi connectivity index (χ1) is 23.5. The van der Waals surface area contributed by atoms with Crippen LogP contribution in [0.4, 0.5) is 0 Å². The van der Waals surface area contributed by atoms with Crippen molar-refractivity contribution in [3.8, 4) is 0 Å². The van der Waals surface area contributed by atoms with Gasteiger partial charge in [-0.25, -0.2) is 19.3 Å². The van der Waals surface area contributed by atoms with Crippen LogP contribution in [0.5, 0.6) is 0 Å². The Morgan fingerprint density at radius 1 is 0.480 bits per heavy atom. The van der Waals surface area contributed by atoms with Crippen molar-refractivity contribution in [2.45, 2.75) is 90.9 Å². The molecule has 2 N–H and O–H groups in total. The van der Waals surface area contributed by atoms with Gasteiger partial charge in [0.05, 0.1) is 0 Å². The van der Waals surface area contributed by atoms with E-state index < -0.39 is 37.9 Å². The van der Waals surface area contributed by atoms with E-state index in [0.717, 1.165) is 11.1 Å². The van der Waals surface area contributed by atoms with Gasteiger partial charge in [0, 0.05) is 36.8 Å². The molecule has 4 aliphatic carbocycles. The summed E-state index contributed by atoms with van der Waals surface area (Å²) < 4.78 is 54.8. The fraction of sp³-hybridized carbons (Fsp3) is 0.450. The van der Waals surface area contributed by atoms with Gasteiger partial charge in [-0.2, -0.15) is 0 Å². The predicted molar refractivity (Wildman–Crippen MR) is 203 cm³/mol. The number of nitrogens with one attached hydrogen (secondary N) is 2. The fourth-order valence-electron chi connectivity index (χ4n) is 6.09. The van der Waals surface area contributed by atoms with E-state index >= 15 is 0 Å². The summed E-state index contributed by atoms with van der Waals surface area (Å²) in [6, 6.07) is 7.77. The molecule has 0 fully saturated rings. The van der Waals surface area contributed by atoms with Crippen LogP contribution in [0, 0.1) is 23.7 Å². The van der Waals surface area contributed by atoms with Crippen LogP contribution in [0.2, 0.25) is 0 Å². The molecule has 0 aromatic heterocycles. The Morgan fingerprint density at radius 3 is 0.940 bits per heavy atom. The largest absolute Gasteiger partial charge is 0.407 e. The molecule has 8 atom stereocenters. The molecule has 0 saturated carbocycles. The quantitative estimate of drug-likeness (QED) is 0.184. The minimum atomic E-state index is -3.86. The van der Waals surface area contributed by atoms with Crippen LogP contribution >= 0.6 is 15.5 Å². The average Bonchev–Trinajstić information content (AvgIpc) is 3.05. The molecule has 4 aliphatic rings. The molecular formula is C40H54N2O6P2. The fourth-order valence-corrected chi connectivity index (χ4v) is 10.2. The normalized spacial score (nSPS) is 36.8. The van der Waals surface area contributed by atoms with Gasteiger partial charge in [0.2, 0.25) is 0 Å². The minimum absolute atomic E-state index is 0.0123. The maximum Gasteiger partial charge on any atom is 0.407 e. The van der Waals surface area contributed by atoms with Gasteiger partial charge < -0.3 is 0 Å². The lowest BCUT2D eigenvalue weighted by Gasteiger charge is -2.40. The maximum atomic E-state index is 14.6. The zero-order chi connectivity index (χ0) is 36.3. The number of rotatable bonds is 14. The minimum Gasteiger partial charge on any atom is -0.286 e. The van der Waals surface area contributed by atoms with Crippen molar-refractivity contribution in [2.75, 3.05) is 0 Å². The van der Waals surface area contributed by atoms with Gasteiger partial charge >= 0.3 is 15.5 Å². The summed E-state index contributed by atoms with van der Waals surface area (Å²) in [5, 5.41) is 6.31. The van der Waals surface area contributed by atoms with Gasteiger partial charge in [0.15, 0.2) is 0 Å². The van der Waals surface area contributed by atoms with Crippen LogP contribution in [0.15, 0.2) is 121 Å². The van der Waals surface area contributed by atoms with Crippen LogP contribution in [-0.4, -0.2) is 22.4 Å². The summed E-state index contributed by atoms with van der Waals surface area (Å²) in [5.74, 6) is -0.0490. The van der Waals surface area contributed by atoms with Crippen molar-refractivity contribution in [2.24, 2.45) is 23.7 Å². The molecule has 10 heteroatoms. The third-order valence-corrected chi connectivity index (χ3v) is 14.2. The molecule has 0 heterocycles. The topological polar surface area (TPSA) is 95.1 Å². The second-order valence-corrected chi connectivity index (χ2v) is 18.1. The zero-order valence-corrected chi connectivity index (χ0v) is 32.4. The summed E-state index contributed by atoms with van der Waals surface area (Å²) in [6.45, 7) is 16.3. The molecule has 0 aliphatic heterocycles. The van der Waals surface area contributed by atoms with Crippen molar-refractivity contribution in [1.29, 1.82) is 0 Å². The third kappa shape index (κ3) is 9.04. The molecule has 0 saturated heterocycles. The van der Waals surface area contributed by atoms with Crippen LogP contribution in [0.25, 0.3) is 0 Å². The Balaban J connectivity index is 1.30. The Bertz CT molecular complexity index is 1510. The SMILES string of the molecule is CC1C=CC=CC1(C)OP(=O)(NCc1ccc(CNP(=O)(OC2(C)C=CC=CC2C)OC2(C)C=CC=CC2C)cc1)OC1(C)C=CC=CC1C. The lowest BCUT2D eigenvalue weighted by molar-refractivity contribution is 0.0212. The van der Waals surface area contributed by atoms with E-state index in [9.17, 15) is 9.13 Å². The van der Waals surface area contributed by atoms with Crippen LogP contribution in [0.3, 0.4) is 0 Å². The zero-order valence-electron chi connectivity index (χ0n) is 30.6. The first-order valence-corrected chi connectivity index (χ1v) is 20.6. The van der Waals surface area contributed by atoms with Crippen molar-refractivity contribution in [3.05, 3.63) is 133 Å². The molecule has 8 nitrogen and oxygen atoms in total. The number of hydrogen-bond donors (Lipinski definition) is 2. The average molecular weight is 721 g/mol. The molecule has 0 amide bonds. The first-order valence-electron chi connectivity index (χ1n) is 17.5. The van der Waals surface area contributed by atoms with E-state index in [1.165, 1.54) is 0 Å². The van der Waals surface area contributed by atoms with Crippen molar-refractivity contribution in [3.63, 3.8) is 0 Å². The molecule has 8 unspecified atom stereocenters. The molecule has 1 aromatic carbocycles.